The number of allylic oxidation sites excluding steroid dienone is 1. The van der Waals surface area contributed by atoms with Crippen molar-refractivity contribution in [3.8, 4) is 0 Å². The molecule has 1 atom stereocenters. The molecule has 0 saturated carbocycles. The molecule has 1 aliphatic rings. The van der Waals surface area contributed by atoms with Crippen LogP contribution in [0, 0.1) is 0 Å². The highest BCUT2D eigenvalue weighted by molar-refractivity contribution is 5.77. The van der Waals surface area contributed by atoms with Crippen LogP contribution in [0.5, 0.6) is 0 Å². The quantitative estimate of drug-likeness (QED) is 0.500. The van der Waals surface area contributed by atoms with Crippen LogP contribution < -0.4 is 0 Å². The predicted molar refractivity (Wildman–Crippen MR) is 39.2 cm³/mol. The van der Waals surface area contributed by atoms with Crippen molar-refractivity contribution in [1.82, 2.24) is 9.91 Å². The van der Waals surface area contributed by atoms with Crippen molar-refractivity contribution in [1.29, 1.82) is 0 Å². The number of hydrogen-bond acceptors (Lipinski definition) is 4. The molecule has 1 rings (SSSR count). The first kappa shape index (κ1) is 7.08. The highest BCUT2D eigenvalue weighted by Gasteiger charge is 2.18. The van der Waals surface area contributed by atoms with Gasteiger partial charge < -0.3 is 10.0 Å². The summed E-state index contributed by atoms with van der Waals surface area (Å²) >= 11 is 0. The molecule has 0 bridgehead atoms. The molecule has 0 saturated heterocycles. The Labute approximate surface area is 60.0 Å². The van der Waals surface area contributed by atoms with E-state index in [1.54, 1.807) is 25.2 Å². The Bertz CT molecular complexity index is 178. The third-order valence-corrected chi connectivity index (χ3v) is 1.52. The van der Waals surface area contributed by atoms with E-state index in [9.17, 15) is 5.11 Å². The minimum Gasteiger partial charge on any atom is -0.355 e. The van der Waals surface area contributed by atoms with E-state index in [2.05, 4.69) is 11.7 Å². The molecule has 0 aromatic carbocycles. The van der Waals surface area contributed by atoms with Crippen LogP contribution in [0.2, 0.25) is 0 Å². The maximum absolute atomic E-state index is 9.29. The van der Waals surface area contributed by atoms with Crippen LogP contribution in [0.4, 0.5) is 0 Å². The molecule has 0 aromatic rings. The topological polar surface area (TPSA) is 39.1 Å². The molecule has 0 aliphatic carbocycles. The van der Waals surface area contributed by atoms with Crippen molar-refractivity contribution in [3.63, 3.8) is 0 Å². The fourth-order valence-corrected chi connectivity index (χ4v) is 0.707. The molecule has 0 aromatic heterocycles. The maximum Gasteiger partial charge on any atom is 0.222 e. The van der Waals surface area contributed by atoms with Gasteiger partial charge in [-0.1, -0.05) is 6.58 Å². The van der Waals surface area contributed by atoms with Gasteiger partial charge in [-0.15, -0.1) is 0 Å². The van der Waals surface area contributed by atoms with Gasteiger partial charge in [0.05, 0.1) is 11.9 Å². The van der Waals surface area contributed by atoms with Crippen LogP contribution in [-0.4, -0.2) is 41.7 Å². The zero-order chi connectivity index (χ0) is 7.72. The lowest BCUT2D eigenvalue weighted by atomic mass is 10.4. The first-order valence-electron chi connectivity index (χ1n) is 2.99. The van der Waals surface area contributed by atoms with E-state index >= 15 is 0 Å². The van der Waals surface area contributed by atoms with E-state index in [0.29, 0.717) is 5.70 Å². The molecule has 4 nitrogen and oxygen atoms in total. The molecule has 0 fully saturated rings. The Hall–Kier alpha value is -1.03. The van der Waals surface area contributed by atoms with Crippen LogP contribution in [0.3, 0.4) is 0 Å². The van der Waals surface area contributed by atoms with Gasteiger partial charge in [-0.25, -0.2) is 0 Å². The fourth-order valence-electron chi connectivity index (χ4n) is 0.707. The molecular weight excluding hydrogens is 130 g/mol. The smallest absolute Gasteiger partial charge is 0.222 e. The monoisotopic (exact) mass is 141 g/mol. The largest absolute Gasteiger partial charge is 0.355 e. The molecule has 10 heavy (non-hydrogen) atoms. The van der Waals surface area contributed by atoms with Gasteiger partial charge in [0.2, 0.25) is 6.35 Å². The lowest BCUT2D eigenvalue weighted by Gasteiger charge is -2.34. The van der Waals surface area contributed by atoms with Gasteiger partial charge >= 0.3 is 0 Å². The Morgan fingerprint density at radius 3 is 2.80 bits per heavy atom. The summed E-state index contributed by atoms with van der Waals surface area (Å²) < 4.78 is 0. The number of aliphatic hydroxyl groups is 1. The molecule has 0 radical (unpaired) electrons. The van der Waals surface area contributed by atoms with Crippen molar-refractivity contribution < 1.29 is 5.11 Å². The average molecular weight is 141 g/mol. The molecule has 1 aliphatic heterocycles. The van der Waals surface area contributed by atoms with E-state index in [0.717, 1.165) is 0 Å². The van der Waals surface area contributed by atoms with E-state index in [1.165, 1.54) is 5.01 Å². The van der Waals surface area contributed by atoms with E-state index < -0.39 is 6.35 Å². The van der Waals surface area contributed by atoms with Crippen LogP contribution in [0.15, 0.2) is 17.4 Å². The van der Waals surface area contributed by atoms with Crippen molar-refractivity contribution in [3.05, 3.63) is 12.3 Å². The van der Waals surface area contributed by atoms with Gasteiger partial charge in [-0.2, -0.15) is 5.10 Å². The SMILES string of the molecule is C=C1C=NN(C)C(O)N1C. The second-order valence-electron chi connectivity index (χ2n) is 2.27. The second-order valence-corrected chi connectivity index (χ2v) is 2.27. The zero-order valence-electron chi connectivity index (χ0n) is 6.15. The van der Waals surface area contributed by atoms with E-state index in [1.807, 2.05) is 0 Å². The van der Waals surface area contributed by atoms with Gasteiger partial charge in [-0.05, 0) is 0 Å². The summed E-state index contributed by atoms with van der Waals surface area (Å²) in [4.78, 5) is 1.63. The Kier molecular flexibility index (Phi) is 1.63. The average Bonchev–Trinajstić information content (AvgIpc) is 1.93. The van der Waals surface area contributed by atoms with Crippen molar-refractivity contribution >= 4 is 6.21 Å². The summed E-state index contributed by atoms with van der Waals surface area (Å²) in [6, 6.07) is 0. The van der Waals surface area contributed by atoms with E-state index in [4.69, 9.17) is 0 Å². The molecule has 0 spiro atoms. The Balaban J connectivity index is 2.79. The van der Waals surface area contributed by atoms with Gasteiger partial charge in [0, 0.05) is 14.1 Å². The molecule has 4 heteroatoms. The highest BCUT2D eigenvalue weighted by atomic mass is 16.3. The molecule has 1 N–H and O–H groups in total. The fraction of sp³-hybridized carbons (Fsp3) is 0.500. The molecule has 1 heterocycles. The second kappa shape index (κ2) is 2.30. The van der Waals surface area contributed by atoms with Crippen LogP contribution in [0.1, 0.15) is 0 Å². The molecule has 56 valence electrons. The number of nitrogens with zero attached hydrogens (tertiary/aromatic N) is 3. The molecule has 0 amide bonds. The zero-order valence-corrected chi connectivity index (χ0v) is 6.15. The van der Waals surface area contributed by atoms with Crippen molar-refractivity contribution in [2.75, 3.05) is 14.1 Å². The maximum atomic E-state index is 9.29. The summed E-state index contributed by atoms with van der Waals surface area (Å²) in [7, 11) is 3.46. The summed E-state index contributed by atoms with van der Waals surface area (Å²) in [6.45, 7) is 3.67. The lowest BCUT2D eigenvalue weighted by Crippen LogP contribution is -2.44. The van der Waals surface area contributed by atoms with Crippen LogP contribution in [0.25, 0.3) is 0 Å². The van der Waals surface area contributed by atoms with Gasteiger partial charge in [0.25, 0.3) is 0 Å². The molecular formula is C6H11N3O. The standard InChI is InChI=1S/C6H11N3O/c1-5-4-7-9(3)6(10)8(5)2/h4,6,10H,1H2,2-3H3. The third-order valence-electron chi connectivity index (χ3n) is 1.52. The van der Waals surface area contributed by atoms with Crippen molar-refractivity contribution in [2.45, 2.75) is 6.35 Å². The third kappa shape index (κ3) is 0.974. The molecule has 1 unspecified atom stereocenters. The summed E-state index contributed by atoms with van der Waals surface area (Å²) in [6.07, 6.45) is 0.921. The summed E-state index contributed by atoms with van der Waals surface area (Å²) in [5.41, 5.74) is 0.714. The van der Waals surface area contributed by atoms with Crippen LogP contribution in [-0.2, 0) is 0 Å². The van der Waals surface area contributed by atoms with E-state index in [-0.39, 0.29) is 0 Å². The van der Waals surface area contributed by atoms with Gasteiger partial charge in [0.1, 0.15) is 0 Å². The number of hydrogen-bond donors (Lipinski definition) is 1. The van der Waals surface area contributed by atoms with Crippen molar-refractivity contribution in [2.24, 2.45) is 5.10 Å². The number of aliphatic hydroxyl groups excluding tert-OH is 1. The Morgan fingerprint density at radius 1 is 1.70 bits per heavy atom. The predicted octanol–water partition coefficient (Wildman–Crippen LogP) is -0.361. The summed E-state index contributed by atoms with van der Waals surface area (Å²) in [5.74, 6) is 0. The lowest BCUT2D eigenvalue weighted by molar-refractivity contribution is -0.0752. The summed E-state index contributed by atoms with van der Waals surface area (Å²) in [5, 5.41) is 14.6. The first-order valence-corrected chi connectivity index (χ1v) is 2.99. The van der Waals surface area contributed by atoms with Crippen LogP contribution >= 0.6 is 0 Å². The Morgan fingerprint density at radius 2 is 2.30 bits per heavy atom. The van der Waals surface area contributed by atoms with Gasteiger partial charge in [-0.3, -0.25) is 5.01 Å². The highest BCUT2D eigenvalue weighted by Crippen LogP contribution is 2.09. The van der Waals surface area contributed by atoms with Gasteiger partial charge in [0.15, 0.2) is 0 Å². The minimum atomic E-state index is -0.683. The number of hydrazone groups is 1. The minimum absolute atomic E-state index is 0.683. The first-order chi connectivity index (χ1) is 4.63. The number of rotatable bonds is 0. The normalized spacial score (nSPS) is 25.9.